The maximum absolute atomic E-state index is 12.5. The molecule has 0 atom stereocenters. The Morgan fingerprint density at radius 2 is 1.61 bits per heavy atom. The van der Waals surface area contributed by atoms with Crippen LogP contribution in [0.3, 0.4) is 0 Å². The summed E-state index contributed by atoms with van der Waals surface area (Å²) in [6, 6.07) is 10.4. The molecule has 0 bridgehead atoms. The van der Waals surface area contributed by atoms with Gasteiger partial charge in [-0.25, -0.2) is 13.1 Å². The van der Waals surface area contributed by atoms with E-state index >= 15 is 0 Å². The quantitative estimate of drug-likeness (QED) is 0.689. The predicted octanol–water partition coefficient (Wildman–Crippen LogP) is 3.71. The molecule has 0 aliphatic heterocycles. The van der Waals surface area contributed by atoms with E-state index in [0.29, 0.717) is 23.5 Å². The van der Waals surface area contributed by atoms with E-state index in [1.54, 1.807) is 30.3 Å². The van der Waals surface area contributed by atoms with Crippen LogP contribution in [0.15, 0.2) is 41.3 Å². The minimum absolute atomic E-state index is 0. The number of hydrogen-bond donors (Lipinski definition) is 2. The van der Waals surface area contributed by atoms with Crippen LogP contribution in [0.1, 0.15) is 25.7 Å². The topological polar surface area (TPSA) is 72.2 Å². The number of hydrogen-bond acceptors (Lipinski definition) is 3. The van der Waals surface area contributed by atoms with Crippen molar-refractivity contribution in [2.24, 2.45) is 5.73 Å². The summed E-state index contributed by atoms with van der Waals surface area (Å²) in [6.45, 7) is 1.12. The van der Waals surface area contributed by atoms with Gasteiger partial charge in [0.25, 0.3) is 0 Å². The molecule has 0 aromatic heterocycles. The van der Waals surface area contributed by atoms with Crippen molar-refractivity contribution in [1.82, 2.24) is 4.72 Å². The molecule has 0 heterocycles. The van der Waals surface area contributed by atoms with Crippen LogP contribution in [0.2, 0.25) is 5.02 Å². The first-order valence-electron chi connectivity index (χ1n) is 7.43. The largest absolute Gasteiger partial charge is 0.330 e. The third-order valence-corrected chi connectivity index (χ3v) is 5.39. The molecule has 0 amide bonds. The molecule has 0 spiro atoms. The third-order valence-electron chi connectivity index (χ3n) is 3.54. The normalized spacial score (nSPS) is 11.4. The van der Waals surface area contributed by atoms with Crippen LogP contribution in [0.25, 0.3) is 10.8 Å². The zero-order valence-electron chi connectivity index (χ0n) is 12.8. The van der Waals surface area contributed by atoms with Crippen LogP contribution < -0.4 is 10.5 Å². The molecule has 2 aromatic carbocycles. The van der Waals surface area contributed by atoms with E-state index in [2.05, 4.69) is 4.72 Å². The fourth-order valence-corrected chi connectivity index (χ4v) is 3.92. The second kappa shape index (κ2) is 9.45. The maximum Gasteiger partial charge on any atom is 0.241 e. The number of unbranched alkanes of at least 4 members (excludes halogenated alkanes) is 3. The van der Waals surface area contributed by atoms with E-state index in [1.165, 1.54) is 0 Å². The molecule has 0 unspecified atom stereocenters. The first-order chi connectivity index (χ1) is 10.6. The molecule has 0 aliphatic carbocycles. The van der Waals surface area contributed by atoms with Crippen molar-refractivity contribution in [3.8, 4) is 0 Å². The lowest BCUT2D eigenvalue weighted by Gasteiger charge is -2.10. The Morgan fingerprint density at radius 1 is 0.957 bits per heavy atom. The lowest BCUT2D eigenvalue weighted by molar-refractivity contribution is 0.573. The average Bonchev–Trinajstić information content (AvgIpc) is 2.50. The van der Waals surface area contributed by atoms with Gasteiger partial charge in [-0.2, -0.15) is 0 Å². The summed E-state index contributed by atoms with van der Waals surface area (Å²) in [4.78, 5) is 0.273. The average molecular weight is 377 g/mol. The van der Waals surface area contributed by atoms with Crippen molar-refractivity contribution in [3.63, 3.8) is 0 Å². The Bertz CT molecular complexity index is 736. The molecule has 0 aliphatic rings. The number of benzene rings is 2. The summed E-state index contributed by atoms with van der Waals surface area (Å²) >= 11 is 6.13. The van der Waals surface area contributed by atoms with Crippen molar-refractivity contribution >= 4 is 44.8 Å². The molecule has 0 radical (unpaired) electrons. The van der Waals surface area contributed by atoms with Gasteiger partial charge in [0.2, 0.25) is 10.0 Å². The molecule has 4 nitrogen and oxygen atoms in total. The standard InChI is InChI=1S/C16H21ClN2O2S.ClH/c17-15-9-5-8-14-13(15)7-6-10-16(14)22(20,21)19-12-4-2-1-3-11-18;/h5-10,19H,1-4,11-12,18H2;1H. The highest BCUT2D eigenvalue weighted by Crippen LogP contribution is 2.28. The highest BCUT2D eigenvalue weighted by Gasteiger charge is 2.17. The number of nitrogens with one attached hydrogen (secondary N) is 1. The van der Waals surface area contributed by atoms with Gasteiger partial charge in [0.15, 0.2) is 0 Å². The van der Waals surface area contributed by atoms with Crippen LogP contribution in [-0.2, 0) is 10.0 Å². The smallest absolute Gasteiger partial charge is 0.241 e. The summed E-state index contributed by atoms with van der Waals surface area (Å²) in [7, 11) is -3.53. The number of fused-ring (bicyclic) bond motifs is 1. The Hall–Kier alpha value is -0.850. The van der Waals surface area contributed by atoms with Crippen LogP contribution in [0.5, 0.6) is 0 Å². The second-order valence-corrected chi connectivity index (χ2v) is 7.33. The lowest BCUT2D eigenvalue weighted by atomic mass is 10.1. The van der Waals surface area contributed by atoms with Gasteiger partial charge in [-0.05, 0) is 31.5 Å². The van der Waals surface area contributed by atoms with Crippen LogP contribution in [0, 0.1) is 0 Å². The van der Waals surface area contributed by atoms with E-state index in [0.717, 1.165) is 31.1 Å². The molecule has 0 saturated heterocycles. The van der Waals surface area contributed by atoms with Crippen molar-refractivity contribution in [3.05, 3.63) is 41.4 Å². The second-order valence-electron chi connectivity index (χ2n) is 5.19. The van der Waals surface area contributed by atoms with E-state index in [4.69, 9.17) is 17.3 Å². The van der Waals surface area contributed by atoms with E-state index in [9.17, 15) is 8.42 Å². The van der Waals surface area contributed by atoms with E-state index in [-0.39, 0.29) is 17.3 Å². The molecule has 0 saturated carbocycles. The van der Waals surface area contributed by atoms with Crippen molar-refractivity contribution < 1.29 is 8.42 Å². The first-order valence-corrected chi connectivity index (χ1v) is 9.29. The van der Waals surface area contributed by atoms with Crippen LogP contribution in [-0.4, -0.2) is 21.5 Å². The molecule has 3 N–H and O–H groups in total. The monoisotopic (exact) mass is 376 g/mol. The highest BCUT2D eigenvalue weighted by molar-refractivity contribution is 7.89. The van der Waals surface area contributed by atoms with Crippen LogP contribution in [0.4, 0.5) is 0 Å². The Kier molecular flexibility index (Phi) is 8.29. The highest BCUT2D eigenvalue weighted by atomic mass is 35.5. The number of nitrogens with two attached hydrogens (primary N) is 1. The van der Waals surface area contributed by atoms with Gasteiger partial charge in [-0.15, -0.1) is 12.4 Å². The third kappa shape index (κ3) is 5.33. The van der Waals surface area contributed by atoms with Crippen molar-refractivity contribution in [2.75, 3.05) is 13.1 Å². The summed E-state index contributed by atoms with van der Waals surface area (Å²) in [5.41, 5.74) is 5.43. The molecule has 7 heteroatoms. The molecule has 2 aromatic rings. The number of sulfonamides is 1. The zero-order chi connectivity index (χ0) is 16.0. The minimum atomic E-state index is -3.53. The van der Waals surface area contributed by atoms with Crippen molar-refractivity contribution in [2.45, 2.75) is 30.6 Å². The molecule has 23 heavy (non-hydrogen) atoms. The van der Waals surface area contributed by atoms with E-state index < -0.39 is 10.0 Å². The number of halogens is 2. The number of rotatable bonds is 8. The summed E-state index contributed by atoms with van der Waals surface area (Å²) in [5.74, 6) is 0. The lowest BCUT2D eigenvalue weighted by Crippen LogP contribution is -2.25. The molecule has 2 rings (SSSR count). The van der Waals surface area contributed by atoms with Crippen LogP contribution >= 0.6 is 24.0 Å². The maximum atomic E-state index is 12.5. The van der Waals surface area contributed by atoms with Gasteiger partial charge < -0.3 is 5.73 Å². The Morgan fingerprint density at radius 3 is 2.35 bits per heavy atom. The summed E-state index contributed by atoms with van der Waals surface area (Å²) < 4.78 is 27.6. The zero-order valence-corrected chi connectivity index (χ0v) is 15.2. The molecule has 0 fully saturated rings. The van der Waals surface area contributed by atoms with Gasteiger partial charge in [0.05, 0.1) is 4.90 Å². The van der Waals surface area contributed by atoms with Gasteiger partial charge >= 0.3 is 0 Å². The SMILES string of the molecule is Cl.NCCCCCCNS(=O)(=O)c1cccc2c(Cl)cccc12. The van der Waals surface area contributed by atoms with Gasteiger partial charge in [-0.1, -0.05) is 48.7 Å². The van der Waals surface area contributed by atoms with Gasteiger partial charge in [0, 0.05) is 22.3 Å². The van der Waals surface area contributed by atoms with Crippen molar-refractivity contribution in [1.29, 1.82) is 0 Å². The molecule has 128 valence electrons. The molecular formula is C16H22Cl2N2O2S. The Labute approximate surface area is 148 Å². The minimum Gasteiger partial charge on any atom is -0.330 e. The predicted molar refractivity (Wildman–Crippen MR) is 98.9 cm³/mol. The Balaban J connectivity index is 0.00000264. The van der Waals surface area contributed by atoms with Gasteiger partial charge in [-0.3, -0.25) is 0 Å². The fraction of sp³-hybridized carbons (Fsp3) is 0.375. The van der Waals surface area contributed by atoms with Gasteiger partial charge in [0.1, 0.15) is 0 Å². The summed E-state index contributed by atoms with van der Waals surface area (Å²) in [6.07, 6.45) is 3.79. The molecular weight excluding hydrogens is 355 g/mol. The van der Waals surface area contributed by atoms with E-state index in [1.807, 2.05) is 6.07 Å². The fourth-order valence-electron chi connectivity index (χ4n) is 2.38. The first kappa shape index (κ1) is 20.2. The summed E-state index contributed by atoms with van der Waals surface area (Å²) in [5, 5.41) is 1.94.